The average molecular weight is 273 g/mol. The lowest BCUT2D eigenvalue weighted by Gasteiger charge is -1.98. The minimum absolute atomic E-state index is 0.0428. The van der Waals surface area contributed by atoms with E-state index < -0.39 is 11.4 Å². The number of aromatic nitrogens is 2. The SMILES string of the molecule is Cc1nc(-c2ccc(Br)o2)[nH]c(=O)c1F. The zero-order valence-electron chi connectivity index (χ0n) is 7.67. The summed E-state index contributed by atoms with van der Waals surface area (Å²) in [5.74, 6) is -0.281. The third kappa shape index (κ3) is 1.85. The Balaban J connectivity index is 2.60. The zero-order valence-corrected chi connectivity index (χ0v) is 9.26. The second kappa shape index (κ2) is 3.62. The van der Waals surface area contributed by atoms with Crippen LogP contribution in [0.2, 0.25) is 0 Å². The maximum Gasteiger partial charge on any atom is 0.287 e. The second-order valence-electron chi connectivity index (χ2n) is 2.92. The van der Waals surface area contributed by atoms with Gasteiger partial charge in [0.15, 0.2) is 16.3 Å². The van der Waals surface area contributed by atoms with Crippen LogP contribution in [0.5, 0.6) is 0 Å². The van der Waals surface area contributed by atoms with Gasteiger partial charge >= 0.3 is 0 Å². The third-order valence-corrected chi connectivity index (χ3v) is 2.26. The summed E-state index contributed by atoms with van der Waals surface area (Å²) in [5, 5.41) is 0. The van der Waals surface area contributed by atoms with Gasteiger partial charge in [-0.1, -0.05) is 0 Å². The predicted octanol–water partition coefficient (Wildman–Crippen LogP) is 2.24. The summed E-state index contributed by atoms with van der Waals surface area (Å²) >= 11 is 3.12. The molecule has 0 aliphatic carbocycles. The largest absolute Gasteiger partial charge is 0.446 e. The minimum Gasteiger partial charge on any atom is -0.446 e. The van der Waals surface area contributed by atoms with E-state index in [1.54, 1.807) is 12.1 Å². The van der Waals surface area contributed by atoms with E-state index in [4.69, 9.17) is 4.42 Å². The number of nitrogens with zero attached hydrogens (tertiary/aromatic N) is 1. The molecule has 2 rings (SSSR count). The molecule has 15 heavy (non-hydrogen) atoms. The Kier molecular flexibility index (Phi) is 2.44. The Hall–Kier alpha value is -1.43. The van der Waals surface area contributed by atoms with Gasteiger partial charge in [-0.05, 0) is 35.0 Å². The molecular formula is C9H6BrFN2O2. The van der Waals surface area contributed by atoms with Gasteiger partial charge in [0.1, 0.15) is 0 Å². The lowest BCUT2D eigenvalue weighted by molar-refractivity contribution is 0.546. The number of aryl methyl sites for hydroxylation is 1. The van der Waals surface area contributed by atoms with Crippen LogP contribution in [0.4, 0.5) is 4.39 Å². The highest BCUT2D eigenvalue weighted by Crippen LogP contribution is 2.21. The lowest BCUT2D eigenvalue weighted by Crippen LogP contribution is -2.15. The van der Waals surface area contributed by atoms with Crippen molar-refractivity contribution in [3.8, 4) is 11.6 Å². The molecule has 2 aromatic rings. The molecule has 0 aliphatic heterocycles. The van der Waals surface area contributed by atoms with Crippen LogP contribution < -0.4 is 5.56 Å². The molecule has 1 N–H and O–H groups in total. The molecule has 0 saturated carbocycles. The van der Waals surface area contributed by atoms with Crippen LogP contribution in [0.25, 0.3) is 11.6 Å². The van der Waals surface area contributed by atoms with Crippen LogP contribution in [0.15, 0.2) is 26.0 Å². The highest BCUT2D eigenvalue weighted by atomic mass is 79.9. The van der Waals surface area contributed by atoms with Crippen molar-refractivity contribution in [3.05, 3.63) is 38.7 Å². The van der Waals surface area contributed by atoms with Crippen molar-refractivity contribution < 1.29 is 8.81 Å². The number of rotatable bonds is 1. The molecule has 0 aromatic carbocycles. The summed E-state index contributed by atoms with van der Waals surface area (Å²) < 4.78 is 18.7. The Morgan fingerprint density at radius 3 is 2.80 bits per heavy atom. The number of furan rings is 1. The molecule has 0 amide bonds. The number of halogens is 2. The molecule has 0 radical (unpaired) electrons. The average Bonchev–Trinajstić information content (AvgIpc) is 2.60. The highest BCUT2D eigenvalue weighted by Gasteiger charge is 2.11. The first-order valence-electron chi connectivity index (χ1n) is 4.10. The topological polar surface area (TPSA) is 58.9 Å². The fraction of sp³-hybridized carbons (Fsp3) is 0.111. The van der Waals surface area contributed by atoms with Gasteiger partial charge in [0.2, 0.25) is 5.82 Å². The van der Waals surface area contributed by atoms with Gasteiger partial charge < -0.3 is 9.40 Å². The molecule has 4 nitrogen and oxygen atoms in total. The van der Waals surface area contributed by atoms with Crippen LogP contribution >= 0.6 is 15.9 Å². The fourth-order valence-electron chi connectivity index (χ4n) is 1.13. The monoisotopic (exact) mass is 272 g/mol. The van der Waals surface area contributed by atoms with Crippen LogP contribution in [-0.4, -0.2) is 9.97 Å². The van der Waals surface area contributed by atoms with E-state index in [2.05, 4.69) is 25.9 Å². The summed E-state index contributed by atoms with van der Waals surface area (Å²) in [7, 11) is 0. The van der Waals surface area contributed by atoms with E-state index in [0.29, 0.717) is 10.4 Å². The van der Waals surface area contributed by atoms with Crippen LogP contribution in [0.3, 0.4) is 0 Å². The van der Waals surface area contributed by atoms with Gasteiger partial charge in [-0.15, -0.1) is 0 Å². The molecule has 0 saturated heterocycles. The Labute approximate surface area is 92.3 Å². The molecule has 0 aliphatic rings. The summed E-state index contributed by atoms with van der Waals surface area (Å²) in [6, 6.07) is 3.29. The van der Waals surface area contributed by atoms with Gasteiger partial charge in [0.25, 0.3) is 5.56 Å². The van der Waals surface area contributed by atoms with E-state index in [1.165, 1.54) is 6.92 Å². The molecule has 0 spiro atoms. The molecule has 0 atom stereocenters. The van der Waals surface area contributed by atoms with E-state index in [9.17, 15) is 9.18 Å². The van der Waals surface area contributed by atoms with Crippen molar-refractivity contribution >= 4 is 15.9 Å². The van der Waals surface area contributed by atoms with Gasteiger partial charge in [-0.25, -0.2) is 4.98 Å². The van der Waals surface area contributed by atoms with Gasteiger partial charge in [-0.2, -0.15) is 4.39 Å². The first-order chi connectivity index (χ1) is 7.08. The molecule has 2 aromatic heterocycles. The molecule has 78 valence electrons. The lowest BCUT2D eigenvalue weighted by atomic mass is 10.3. The molecule has 0 fully saturated rings. The standard InChI is InChI=1S/C9H6BrFN2O2/c1-4-7(11)9(14)13-8(12-4)5-2-3-6(10)15-5/h2-3H,1H3,(H,12,13,14). The molecule has 6 heteroatoms. The molecule has 2 heterocycles. The van der Waals surface area contributed by atoms with Crippen LogP contribution in [-0.2, 0) is 0 Å². The third-order valence-electron chi connectivity index (χ3n) is 1.84. The number of H-pyrrole nitrogens is 1. The van der Waals surface area contributed by atoms with Crippen LogP contribution in [0.1, 0.15) is 5.69 Å². The summed E-state index contributed by atoms with van der Waals surface area (Å²) in [6.45, 7) is 1.42. The van der Waals surface area contributed by atoms with E-state index in [0.717, 1.165) is 0 Å². The van der Waals surface area contributed by atoms with Crippen LogP contribution in [0, 0.1) is 12.7 Å². The van der Waals surface area contributed by atoms with Gasteiger partial charge in [0.05, 0.1) is 5.69 Å². The van der Waals surface area contributed by atoms with Gasteiger partial charge in [0, 0.05) is 0 Å². The first-order valence-corrected chi connectivity index (χ1v) is 4.89. The van der Waals surface area contributed by atoms with Crippen molar-refractivity contribution in [2.24, 2.45) is 0 Å². The van der Waals surface area contributed by atoms with Gasteiger partial charge in [-0.3, -0.25) is 4.79 Å². The van der Waals surface area contributed by atoms with Crippen molar-refractivity contribution in [3.63, 3.8) is 0 Å². The second-order valence-corrected chi connectivity index (χ2v) is 3.70. The fourth-order valence-corrected chi connectivity index (χ4v) is 1.44. The van der Waals surface area contributed by atoms with Crippen molar-refractivity contribution in [1.29, 1.82) is 0 Å². The molecule has 0 unspecified atom stereocenters. The number of hydrogen-bond acceptors (Lipinski definition) is 3. The first kappa shape index (κ1) is 10.1. The molecule has 0 bridgehead atoms. The maximum atomic E-state index is 13.0. The number of aromatic amines is 1. The predicted molar refractivity (Wildman–Crippen MR) is 55.0 cm³/mol. The van der Waals surface area contributed by atoms with E-state index in [-0.39, 0.29) is 11.5 Å². The summed E-state index contributed by atoms with van der Waals surface area (Å²) in [4.78, 5) is 17.3. The minimum atomic E-state index is -0.871. The summed E-state index contributed by atoms with van der Waals surface area (Å²) in [6.07, 6.45) is 0. The Bertz CT molecular complexity index is 561. The van der Waals surface area contributed by atoms with Crippen molar-refractivity contribution in [1.82, 2.24) is 9.97 Å². The van der Waals surface area contributed by atoms with E-state index >= 15 is 0 Å². The summed E-state index contributed by atoms with van der Waals surface area (Å²) in [5.41, 5.74) is -0.758. The van der Waals surface area contributed by atoms with Crippen molar-refractivity contribution in [2.45, 2.75) is 6.92 Å². The van der Waals surface area contributed by atoms with Crippen molar-refractivity contribution in [2.75, 3.05) is 0 Å². The quantitative estimate of drug-likeness (QED) is 0.866. The normalized spacial score (nSPS) is 10.6. The van der Waals surface area contributed by atoms with E-state index in [1.807, 2.05) is 0 Å². The molecular weight excluding hydrogens is 267 g/mol. The Morgan fingerprint density at radius 2 is 2.27 bits per heavy atom. The maximum absolute atomic E-state index is 13.0. The smallest absolute Gasteiger partial charge is 0.287 e. The number of hydrogen-bond donors (Lipinski definition) is 1. The Morgan fingerprint density at radius 1 is 1.53 bits per heavy atom. The number of nitrogens with one attached hydrogen (secondary N) is 1. The highest BCUT2D eigenvalue weighted by molar-refractivity contribution is 9.10. The zero-order chi connectivity index (χ0) is 11.0.